The van der Waals surface area contributed by atoms with Gasteiger partial charge in [-0.1, -0.05) is 0 Å². The highest BCUT2D eigenvalue weighted by molar-refractivity contribution is 14.1. The highest BCUT2D eigenvalue weighted by Crippen LogP contribution is 2.26. The van der Waals surface area contributed by atoms with Gasteiger partial charge in [0, 0.05) is 34.3 Å². The van der Waals surface area contributed by atoms with Crippen molar-refractivity contribution < 1.29 is 4.74 Å². The second-order valence-electron chi connectivity index (χ2n) is 5.11. The van der Waals surface area contributed by atoms with Crippen LogP contribution >= 0.6 is 22.6 Å². The molecule has 0 amide bonds. The third kappa shape index (κ3) is 2.85. The quantitative estimate of drug-likeness (QED) is 0.525. The Morgan fingerprint density at radius 3 is 2.55 bits per heavy atom. The molecule has 0 aliphatic heterocycles. The summed E-state index contributed by atoms with van der Waals surface area (Å²) in [7, 11) is 1.65. The Morgan fingerprint density at radius 2 is 1.91 bits per heavy atom. The van der Waals surface area contributed by atoms with Crippen molar-refractivity contribution in [3.05, 3.63) is 34.4 Å². The van der Waals surface area contributed by atoms with Gasteiger partial charge < -0.3 is 14.6 Å². The van der Waals surface area contributed by atoms with Crippen LogP contribution in [0.4, 0.5) is 11.5 Å². The number of imidazole rings is 1. The molecule has 22 heavy (non-hydrogen) atoms. The van der Waals surface area contributed by atoms with Crippen LogP contribution in [-0.2, 0) is 0 Å². The molecule has 0 bridgehead atoms. The van der Waals surface area contributed by atoms with Crippen molar-refractivity contribution in [1.29, 1.82) is 0 Å². The van der Waals surface area contributed by atoms with Crippen LogP contribution in [0.2, 0.25) is 0 Å². The van der Waals surface area contributed by atoms with Gasteiger partial charge in [0.05, 0.1) is 13.4 Å². The number of aromatic nitrogens is 4. The van der Waals surface area contributed by atoms with Gasteiger partial charge in [-0.2, -0.15) is 0 Å². The van der Waals surface area contributed by atoms with Crippen LogP contribution < -0.4 is 10.1 Å². The van der Waals surface area contributed by atoms with Crippen LogP contribution in [0.1, 0.15) is 19.9 Å². The third-order valence-electron chi connectivity index (χ3n) is 3.30. The predicted molar refractivity (Wildman–Crippen MR) is 94.7 cm³/mol. The largest absolute Gasteiger partial charge is 0.497 e. The minimum Gasteiger partial charge on any atom is -0.497 e. The molecule has 1 aromatic carbocycles. The monoisotopic (exact) mass is 409 g/mol. The van der Waals surface area contributed by atoms with Gasteiger partial charge >= 0.3 is 0 Å². The summed E-state index contributed by atoms with van der Waals surface area (Å²) >= 11 is 2.12. The molecule has 1 N–H and O–H groups in total. The number of rotatable bonds is 4. The maximum atomic E-state index is 5.17. The number of nitrogens with zero attached hydrogens (tertiary/aromatic N) is 4. The number of hydrogen-bond donors (Lipinski definition) is 1. The second kappa shape index (κ2) is 6.07. The fourth-order valence-corrected chi connectivity index (χ4v) is 2.64. The summed E-state index contributed by atoms with van der Waals surface area (Å²) < 4.78 is 7.89. The molecule has 3 rings (SSSR count). The standard InChI is InChI=1S/C15H16IN5O/c1-9(2)21-8-17-12-13(19-15(16)20-14(12)21)18-10-4-6-11(22-3)7-5-10/h4-9H,1-3H3,(H,18,19,20). The van der Waals surface area contributed by atoms with Crippen LogP contribution in [0.5, 0.6) is 5.75 Å². The zero-order valence-electron chi connectivity index (χ0n) is 12.5. The van der Waals surface area contributed by atoms with E-state index in [4.69, 9.17) is 4.74 Å². The van der Waals surface area contributed by atoms with Gasteiger partial charge in [-0.25, -0.2) is 15.0 Å². The minimum atomic E-state index is 0.296. The lowest BCUT2D eigenvalue weighted by molar-refractivity contribution is 0.415. The summed E-state index contributed by atoms with van der Waals surface area (Å²) in [5.74, 6) is 1.52. The molecule has 0 fully saturated rings. The maximum Gasteiger partial charge on any atom is 0.194 e. The van der Waals surface area contributed by atoms with Crippen molar-refractivity contribution >= 4 is 45.3 Å². The molecule has 3 aromatic rings. The number of halogens is 1. The van der Waals surface area contributed by atoms with Gasteiger partial charge in [0.2, 0.25) is 0 Å². The number of ether oxygens (including phenoxy) is 1. The second-order valence-corrected chi connectivity index (χ2v) is 6.08. The van der Waals surface area contributed by atoms with Gasteiger partial charge in [-0.05, 0) is 38.1 Å². The van der Waals surface area contributed by atoms with Crippen LogP contribution in [0, 0.1) is 3.83 Å². The van der Waals surface area contributed by atoms with Crippen molar-refractivity contribution in [2.75, 3.05) is 12.4 Å². The number of hydrogen-bond acceptors (Lipinski definition) is 5. The molecular weight excluding hydrogens is 393 g/mol. The van der Waals surface area contributed by atoms with Crippen molar-refractivity contribution in [2.45, 2.75) is 19.9 Å². The Hall–Kier alpha value is -1.90. The Kier molecular flexibility index (Phi) is 4.14. The molecule has 0 saturated carbocycles. The van der Waals surface area contributed by atoms with E-state index >= 15 is 0 Å². The van der Waals surface area contributed by atoms with Crippen LogP contribution in [-0.4, -0.2) is 26.6 Å². The van der Waals surface area contributed by atoms with Gasteiger partial charge in [-0.3, -0.25) is 0 Å². The Labute approximate surface area is 142 Å². The number of fused-ring (bicyclic) bond motifs is 1. The molecule has 0 radical (unpaired) electrons. The van der Waals surface area contributed by atoms with Gasteiger partial charge in [-0.15, -0.1) is 0 Å². The number of nitrogens with one attached hydrogen (secondary N) is 1. The first-order valence-corrected chi connectivity index (χ1v) is 7.97. The maximum absolute atomic E-state index is 5.17. The molecule has 2 aromatic heterocycles. The van der Waals surface area contributed by atoms with E-state index in [-0.39, 0.29) is 0 Å². The molecule has 0 unspecified atom stereocenters. The van der Waals surface area contributed by atoms with Gasteiger partial charge in [0.15, 0.2) is 20.8 Å². The number of benzene rings is 1. The van der Waals surface area contributed by atoms with Gasteiger partial charge in [0.25, 0.3) is 0 Å². The number of anilines is 2. The lowest BCUT2D eigenvalue weighted by atomic mass is 10.3. The molecule has 7 heteroatoms. The smallest absolute Gasteiger partial charge is 0.194 e. The Bertz CT molecular complexity index is 798. The van der Waals surface area contributed by atoms with E-state index < -0.39 is 0 Å². The molecular formula is C15H16IN5O. The summed E-state index contributed by atoms with van der Waals surface area (Å²) in [4.78, 5) is 13.4. The predicted octanol–water partition coefficient (Wildman–Crippen LogP) is 3.76. The van der Waals surface area contributed by atoms with E-state index in [0.717, 1.165) is 22.6 Å². The summed E-state index contributed by atoms with van der Waals surface area (Å²) in [6.45, 7) is 4.21. The first-order valence-electron chi connectivity index (χ1n) is 6.89. The average Bonchev–Trinajstić information content (AvgIpc) is 2.92. The summed E-state index contributed by atoms with van der Waals surface area (Å²) in [6.07, 6.45) is 1.80. The highest BCUT2D eigenvalue weighted by Gasteiger charge is 2.14. The molecule has 0 aliphatic rings. The topological polar surface area (TPSA) is 64.9 Å². The SMILES string of the molecule is COc1ccc(Nc2nc(I)nc3c2ncn3C(C)C)cc1. The molecule has 0 atom stereocenters. The summed E-state index contributed by atoms with van der Waals surface area (Å²) in [5, 5.41) is 3.30. The van der Waals surface area contributed by atoms with E-state index in [1.54, 1.807) is 13.4 Å². The molecule has 114 valence electrons. The average molecular weight is 409 g/mol. The van der Waals surface area contributed by atoms with Crippen LogP contribution in [0.15, 0.2) is 30.6 Å². The van der Waals surface area contributed by atoms with Crippen molar-refractivity contribution in [3.63, 3.8) is 0 Å². The first kappa shape index (κ1) is 15.0. The summed E-state index contributed by atoms with van der Waals surface area (Å²) in [6, 6.07) is 7.99. The van der Waals surface area contributed by atoms with Gasteiger partial charge in [0.1, 0.15) is 5.75 Å². The highest BCUT2D eigenvalue weighted by atomic mass is 127. The molecule has 0 spiro atoms. The van der Waals surface area contributed by atoms with Crippen molar-refractivity contribution in [2.24, 2.45) is 0 Å². The van der Waals surface area contributed by atoms with Crippen LogP contribution in [0.25, 0.3) is 11.2 Å². The van der Waals surface area contributed by atoms with E-state index in [2.05, 4.69) is 56.7 Å². The van der Waals surface area contributed by atoms with E-state index in [0.29, 0.717) is 15.7 Å². The molecule has 2 heterocycles. The fourth-order valence-electron chi connectivity index (χ4n) is 2.17. The zero-order chi connectivity index (χ0) is 15.7. The molecule has 6 nitrogen and oxygen atoms in total. The van der Waals surface area contributed by atoms with E-state index in [9.17, 15) is 0 Å². The first-order chi connectivity index (χ1) is 10.6. The third-order valence-corrected chi connectivity index (χ3v) is 3.79. The zero-order valence-corrected chi connectivity index (χ0v) is 14.7. The molecule has 0 aliphatic carbocycles. The Morgan fingerprint density at radius 1 is 1.18 bits per heavy atom. The Balaban J connectivity index is 2.02. The van der Waals surface area contributed by atoms with Crippen molar-refractivity contribution in [1.82, 2.24) is 19.5 Å². The van der Waals surface area contributed by atoms with E-state index in [1.807, 2.05) is 28.8 Å². The lowest BCUT2D eigenvalue weighted by Gasteiger charge is -2.10. The lowest BCUT2D eigenvalue weighted by Crippen LogP contribution is -2.03. The normalized spacial score (nSPS) is 11.1. The fraction of sp³-hybridized carbons (Fsp3) is 0.267. The number of methoxy groups -OCH3 is 1. The molecule has 0 saturated heterocycles. The van der Waals surface area contributed by atoms with Crippen LogP contribution in [0.3, 0.4) is 0 Å². The van der Waals surface area contributed by atoms with E-state index in [1.165, 1.54) is 0 Å². The summed E-state index contributed by atoms with van der Waals surface area (Å²) in [5.41, 5.74) is 2.53. The van der Waals surface area contributed by atoms with Crippen molar-refractivity contribution in [3.8, 4) is 5.75 Å². The minimum absolute atomic E-state index is 0.296.